The SMILES string of the molecule is CCC(NC(C)C1CCC1)C(N)=O. The summed E-state index contributed by atoms with van der Waals surface area (Å²) in [6, 6.07) is 0.293. The maximum absolute atomic E-state index is 11.0. The fraction of sp³-hybridized carbons (Fsp3) is 0.900. The van der Waals surface area contributed by atoms with E-state index in [9.17, 15) is 4.79 Å². The highest BCUT2D eigenvalue weighted by atomic mass is 16.1. The van der Waals surface area contributed by atoms with Gasteiger partial charge >= 0.3 is 0 Å². The molecule has 3 nitrogen and oxygen atoms in total. The number of hydrogen-bond donors (Lipinski definition) is 2. The van der Waals surface area contributed by atoms with Crippen LogP contribution in [0.15, 0.2) is 0 Å². The van der Waals surface area contributed by atoms with Crippen molar-refractivity contribution < 1.29 is 4.79 Å². The molecule has 2 unspecified atom stereocenters. The summed E-state index contributed by atoms with van der Waals surface area (Å²) < 4.78 is 0. The summed E-state index contributed by atoms with van der Waals surface area (Å²) in [5, 5.41) is 3.29. The molecule has 0 spiro atoms. The van der Waals surface area contributed by atoms with Gasteiger partial charge in [-0.2, -0.15) is 0 Å². The molecule has 1 rings (SSSR count). The Hall–Kier alpha value is -0.570. The molecular formula is C10H20N2O. The van der Waals surface area contributed by atoms with Crippen LogP contribution in [0.4, 0.5) is 0 Å². The minimum Gasteiger partial charge on any atom is -0.368 e. The maximum atomic E-state index is 11.0. The van der Waals surface area contributed by atoms with E-state index < -0.39 is 0 Å². The molecule has 1 aliphatic carbocycles. The molecule has 3 N–H and O–H groups in total. The molecule has 0 bridgehead atoms. The monoisotopic (exact) mass is 184 g/mol. The number of rotatable bonds is 5. The van der Waals surface area contributed by atoms with Crippen molar-refractivity contribution in [3.63, 3.8) is 0 Å². The van der Waals surface area contributed by atoms with Crippen LogP contribution >= 0.6 is 0 Å². The molecule has 0 aliphatic heterocycles. The van der Waals surface area contributed by atoms with Crippen molar-refractivity contribution in [1.29, 1.82) is 0 Å². The Kier molecular flexibility index (Phi) is 3.72. The van der Waals surface area contributed by atoms with Gasteiger partial charge in [0.2, 0.25) is 5.91 Å². The molecule has 1 saturated carbocycles. The van der Waals surface area contributed by atoms with E-state index in [-0.39, 0.29) is 11.9 Å². The van der Waals surface area contributed by atoms with Crippen LogP contribution in [-0.4, -0.2) is 18.0 Å². The Morgan fingerprint density at radius 3 is 2.54 bits per heavy atom. The van der Waals surface area contributed by atoms with Crippen molar-refractivity contribution >= 4 is 5.91 Å². The van der Waals surface area contributed by atoms with E-state index in [1.807, 2.05) is 6.92 Å². The largest absolute Gasteiger partial charge is 0.368 e. The summed E-state index contributed by atoms with van der Waals surface area (Å²) in [4.78, 5) is 11.0. The normalized spacial score (nSPS) is 22.0. The Bertz CT molecular complexity index is 178. The Morgan fingerprint density at radius 2 is 2.23 bits per heavy atom. The lowest BCUT2D eigenvalue weighted by Crippen LogP contribution is -2.48. The lowest BCUT2D eigenvalue weighted by molar-refractivity contribution is -0.120. The van der Waals surface area contributed by atoms with Crippen LogP contribution in [-0.2, 0) is 4.79 Å². The van der Waals surface area contributed by atoms with Crippen molar-refractivity contribution in [2.45, 2.75) is 51.6 Å². The van der Waals surface area contributed by atoms with Gasteiger partial charge in [0.15, 0.2) is 0 Å². The van der Waals surface area contributed by atoms with E-state index >= 15 is 0 Å². The van der Waals surface area contributed by atoms with Gasteiger partial charge in [0, 0.05) is 6.04 Å². The number of primary amides is 1. The molecule has 13 heavy (non-hydrogen) atoms. The molecule has 0 radical (unpaired) electrons. The van der Waals surface area contributed by atoms with Gasteiger partial charge in [-0.1, -0.05) is 13.3 Å². The second-order valence-electron chi connectivity index (χ2n) is 4.01. The van der Waals surface area contributed by atoms with Gasteiger partial charge in [0.25, 0.3) is 0 Å². The summed E-state index contributed by atoms with van der Waals surface area (Å²) in [6.45, 7) is 4.13. The van der Waals surface area contributed by atoms with Crippen molar-refractivity contribution in [1.82, 2.24) is 5.32 Å². The van der Waals surface area contributed by atoms with Gasteiger partial charge in [0.1, 0.15) is 0 Å². The summed E-state index contributed by atoms with van der Waals surface area (Å²) in [5.74, 6) is 0.530. The first kappa shape index (κ1) is 10.5. The molecule has 1 fully saturated rings. The van der Waals surface area contributed by atoms with E-state index in [1.165, 1.54) is 19.3 Å². The molecule has 76 valence electrons. The van der Waals surface area contributed by atoms with Crippen LogP contribution in [0, 0.1) is 5.92 Å². The van der Waals surface area contributed by atoms with Crippen LogP contribution in [0.2, 0.25) is 0 Å². The van der Waals surface area contributed by atoms with Gasteiger partial charge < -0.3 is 11.1 Å². The summed E-state index contributed by atoms with van der Waals surface area (Å²) >= 11 is 0. The van der Waals surface area contributed by atoms with Gasteiger partial charge in [0.05, 0.1) is 6.04 Å². The van der Waals surface area contributed by atoms with Crippen molar-refractivity contribution in [3.05, 3.63) is 0 Å². The van der Waals surface area contributed by atoms with Crippen LogP contribution in [0.3, 0.4) is 0 Å². The number of carbonyl (C=O) groups is 1. The van der Waals surface area contributed by atoms with E-state index in [0.717, 1.165) is 12.3 Å². The quantitative estimate of drug-likeness (QED) is 0.670. The van der Waals surface area contributed by atoms with Gasteiger partial charge in [-0.3, -0.25) is 4.79 Å². The summed E-state index contributed by atoms with van der Waals surface area (Å²) in [5.41, 5.74) is 5.25. The lowest BCUT2D eigenvalue weighted by Gasteiger charge is -2.33. The number of nitrogens with one attached hydrogen (secondary N) is 1. The second kappa shape index (κ2) is 4.61. The highest BCUT2D eigenvalue weighted by Gasteiger charge is 2.26. The van der Waals surface area contributed by atoms with E-state index in [0.29, 0.717) is 6.04 Å². The van der Waals surface area contributed by atoms with E-state index in [1.54, 1.807) is 0 Å². The molecule has 0 saturated heterocycles. The predicted molar refractivity (Wildman–Crippen MR) is 53.2 cm³/mol. The van der Waals surface area contributed by atoms with Crippen molar-refractivity contribution in [3.8, 4) is 0 Å². The Labute approximate surface area is 80.1 Å². The third-order valence-electron chi connectivity index (χ3n) is 3.07. The highest BCUT2D eigenvalue weighted by Crippen LogP contribution is 2.29. The standard InChI is InChI=1S/C10H20N2O/c1-3-9(10(11)13)12-7(2)8-5-4-6-8/h7-9,12H,3-6H2,1-2H3,(H2,11,13). The summed E-state index contributed by atoms with van der Waals surface area (Å²) in [6.07, 6.45) is 4.71. The first-order chi connectivity index (χ1) is 6.15. The number of nitrogens with two attached hydrogens (primary N) is 1. The third kappa shape index (κ3) is 2.69. The smallest absolute Gasteiger partial charge is 0.234 e. The fourth-order valence-electron chi connectivity index (χ4n) is 1.79. The lowest BCUT2D eigenvalue weighted by atomic mass is 9.80. The average molecular weight is 184 g/mol. The van der Waals surface area contributed by atoms with E-state index in [4.69, 9.17) is 5.73 Å². The van der Waals surface area contributed by atoms with Gasteiger partial charge in [-0.05, 0) is 32.1 Å². The van der Waals surface area contributed by atoms with Crippen LogP contribution in [0.25, 0.3) is 0 Å². The number of amides is 1. The van der Waals surface area contributed by atoms with Crippen LogP contribution in [0.5, 0.6) is 0 Å². The molecular weight excluding hydrogens is 164 g/mol. The predicted octanol–water partition coefficient (Wildman–Crippen LogP) is 1.03. The maximum Gasteiger partial charge on any atom is 0.234 e. The highest BCUT2D eigenvalue weighted by molar-refractivity contribution is 5.79. The first-order valence-corrected chi connectivity index (χ1v) is 5.20. The molecule has 0 aromatic rings. The zero-order valence-corrected chi connectivity index (χ0v) is 8.55. The van der Waals surface area contributed by atoms with Crippen LogP contribution < -0.4 is 11.1 Å². The van der Waals surface area contributed by atoms with Crippen molar-refractivity contribution in [2.24, 2.45) is 11.7 Å². The molecule has 1 aliphatic rings. The Balaban J connectivity index is 2.31. The summed E-state index contributed by atoms with van der Waals surface area (Å²) in [7, 11) is 0. The van der Waals surface area contributed by atoms with Crippen molar-refractivity contribution in [2.75, 3.05) is 0 Å². The first-order valence-electron chi connectivity index (χ1n) is 5.20. The zero-order valence-electron chi connectivity index (χ0n) is 8.55. The van der Waals surface area contributed by atoms with Gasteiger partial charge in [-0.15, -0.1) is 0 Å². The Morgan fingerprint density at radius 1 is 1.62 bits per heavy atom. The van der Waals surface area contributed by atoms with E-state index in [2.05, 4.69) is 12.2 Å². The number of carbonyl (C=O) groups excluding carboxylic acids is 1. The zero-order chi connectivity index (χ0) is 9.84. The molecule has 0 aromatic carbocycles. The minimum absolute atomic E-state index is 0.143. The molecule has 0 aromatic heterocycles. The molecule has 1 amide bonds. The average Bonchev–Trinajstić information content (AvgIpc) is 1.96. The van der Waals surface area contributed by atoms with Gasteiger partial charge in [-0.25, -0.2) is 0 Å². The molecule has 3 heteroatoms. The molecule has 2 atom stereocenters. The topological polar surface area (TPSA) is 55.1 Å². The second-order valence-corrected chi connectivity index (χ2v) is 4.01. The minimum atomic E-state index is -0.228. The molecule has 0 heterocycles. The van der Waals surface area contributed by atoms with Crippen LogP contribution in [0.1, 0.15) is 39.5 Å². The fourth-order valence-corrected chi connectivity index (χ4v) is 1.79. The number of hydrogen-bond acceptors (Lipinski definition) is 2. The third-order valence-corrected chi connectivity index (χ3v) is 3.07.